The van der Waals surface area contributed by atoms with Crippen molar-refractivity contribution in [2.24, 2.45) is 0 Å². The maximum Gasteiger partial charge on any atom is 0.151 e. The Morgan fingerprint density at radius 3 is 1.20 bits per heavy atom. The minimum atomic E-state index is 0.619. The van der Waals surface area contributed by atoms with Crippen molar-refractivity contribution in [3.05, 3.63) is 119 Å². The summed E-state index contributed by atoms with van der Waals surface area (Å²) in [4.78, 5) is 0. The highest BCUT2D eigenvalue weighted by Crippen LogP contribution is 2.54. The lowest BCUT2D eigenvalue weighted by molar-refractivity contribution is 0.666. The van der Waals surface area contributed by atoms with Gasteiger partial charge in [-0.1, -0.05) is 108 Å². The summed E-state index contributed by atoms with van der Waals surface area (Å²) in [5, 5.41) is 0. The van der Waals surface area contributed by atoms with Crippen LogP contribution in [0.25, 0.3) is 0 Å². The largest absolute Gasteiger partial charge is 0.194 e. The predicted molar refractivity (Wildman–Crippen MR) is 181 cm³/mol. The second-order valence-electron chi connectivity index (χ2n) is 11.6. The topological polar surface area (TPSA) is 0 Å². The molecule has 0 amide bonds. The first-order valence-electron chi connectivity index (χ1n) is 16.4. The summed E-state index contributed by atoms with van der Waals surface area (Å²) in [6, 6.07) is 36.4. The molecule has 0 atom stereocenters. The lowest BCUT2D eigenvalue weighted by Gasteiger charge is -2.39. The maximum absolute atomic E-state index is 2.66. The molecule has 0 heterocycles. The van der Waals surface area contributed by atoms with Crippen molar-refractivity contribution in [2.45, 2.75) is 105 Å². The van der Waals surface area contributed by atoms with E-state index in [1.165, 1.54) is 87.0 Å². The van der Waals surface area contributed by atoms with Crippen molar-refractivity contribution in [3.63, 3.8) is 0 Å². The first kappa shape index (κ1) is 30.8. The van der Waals surface area contributed by atoms with Crippen LogP contribution in [0.3, 0.4) is 0 Å². The number of rotatable bonds is 16. The number of hydrogen-bond acceptors (Lipinski definition) is 0. The molecular formula is C40H52N+. The van der Waals surface area contributed by atoms with E-state index in [4.69, 9.17) is 0 Å². The SMILES string of the molecule is CCCCc1cc([N+](c2ccccc2)(c2ccccc2)c2ccccc2)c(CCCC)c(CCCC)c1CCCC. The zero-order valence-electron chi connectivity index (χ0n) is 26.2. The molecule has 0 aliphatic carbocycles. The Morgan fingerprint density at radius 1 is 0.415 bits per heavy atom. The lowest BCUT2D eigenvalue weighted by Crippen LogP contribution is -2.35. The van der Waals surface area contributed by atoms with Crippen LogP contribution >= 0.6 is 0 Å². The molecule has 0 N–H and O–H groups in total. The van der Waals surface area contributed by atoms with E-state index in [1.807, 2.05) is 0 Å². The van der Waals surface area contributed by atoms with Gasteiger partial charge in [0.05, 0.1) is 0 Å². The molecule has 0 saturated heterocycles. The molecule has 41 heavy (non-hydrogen) atoms. The molecule has 0 fully saturated rings. The molecule has 0 unspecified atom stereocenters. The van der Waals surface area contributed by atoms with Gasteiger partial charge in [-0.15, -0.1) is 0 Å². The predicted octanol–water partition coefficient (Wildman–Crippen LogP) is 12.4. The normalized spacial score (nSPS) is 11.6. The molecule has 4 aromatic carbocycles. The Bertz CT molecular complexity index is 1210. The van der Waals surface area contributed by atoms with Crippen LogP contribution < -0.4 is 4.48 Å². The Hall–Kier alpha value is -3.16. The number of benzene rings is 4. The van der Waals surface area contributed by atoms with Gasteiger partial charge in [-0.25, -0.2) is 0 Å². The number of aryl methyl sites for hydroxylation is 1. The van der Waals surface area contributed by atoms with Gasteiger partial charge in [0.25, 0.3) is 0 Å². The molecule has 0 aliphatic rings. The van der Waals surface area contributed by atoms with Crippen molar-refractivity contribution in [2.75, 3.05) is 0 Å². The molecule has 1 heteroatoms. The zero-order valence-corrected chi connectivity index (χ0v) is 26.2. The van der Waals surface area contributed by atoms with Gasteiger partial charge in [0.2, 0.25) is 0 Å². The second-order valence-corrected chi connectivity index (χ2v) is 11.6. The van der Waals surface area contributed by atoms with Gasteiger partial charge < -0.3 is 0 Å². The van der Waals surface area contributed by atoms with Crippen LogP contribution in [0.2, 0.25) is 0 Å². The van der Waals surface area contributed by atoms with E-state index in [1.54, 1.807) is 22.3 Å². The fraction of sp³-hybridized carbons (Fsp3) is 0.400. The van der Waals surface area contributed by atoms with Gasteiger partial charge in [0.1, 0.15) is 17.1 Å². The van der Waals surface area contributed by atoms with Gasteiger partial charge in [-0.3, -0.25) is 0 Å². The van der Waals surface area contributed by atoms with Crippen LogP contribution in [0.1, 0.15) is 101 Å². The molecule has 0 aliphatic heterocycles. The summed E-state index contributed by atoms with van der Waals surface area (Å²) < 4.78 is 0.619. The van der Waals surface area contributed by atoms with Gasteiger partial charge in [-0.2, -0.15) is 4.48 Å². The Balaban J connectivity index is 2.20. The monoisotopic (exact) mass is 546 g/mol. The highest BCUT2D eigenvalue weighted by Gasteiger charge is 2.42. The fourth-order valence-corrected chi connectivity index (χ4v) is 6.53. The summed E-state index contributed by atoms with van der Waals surface area (Å²) in [5.41, 5.74) is 11.9. The minimum Gasteiger partial charge on any atom is -0.194 e. The third-order valence-corrected chi connectivity index (χ3v) is 8.67. The van der Waals surface area contributed by atoms with Crippen molar-refractivity contribution in [1.82, 2.24) is 4.48 Å². The third-order valence-electron chi connectivity index (χ3n) is 8.67. The molecule has 0 bridgehead atoms. The number of hydrogen-bond donors (Lipinski definition) is 0. The first-order valence-corrected chi connectivity index (χ1v) is 16.4. The molecule has 216 valence electrons. The quantitative estimate of drug-likeness (QED) is 0.123. The van der Waals surface area contributed by atoms with Crippen LogP contribution in [0.4, 0.5) is 22.7 Å². The van der Waals surface area contributed by atoms with Gasteiger partial charge in [-0.05, 0) is 68.1 Å². The Labute approximate surface area is 250 Å². The molecule has 1 nitrogen and oxygen atoms in total. The van der Waals surface area contributed by atoms with Gasteiger partial charge >= 0.3 is 0 Å². The van der Waals surface area contributed by atoms with Crippen LogP contribution in [0.15, 0.2) is 97.1 Å². The van der Waals surface area contributed by atoms with E-state index in [0.717, 1.165) is 12.8 Å². The van der Waals surface area contributed by atoms with Crippen LogP contribution in [0.5, 0.6) is 0 Å². The van der Waals surface area contributed by atoms with Crippen LogP contribution in [-0.2, 0) is 25.7 Å². The van der Waals surface area contributed by atoms with Crippen molar-refractivity contribution < 1.29 is 0 Å². The summed E-state index contributed by atoms with van der Waals surface area (Å²) >= 11 is 0. The Kier molecular flexibility index (Phi) is 11.8. The fourth-order valence-electron chi connectivity index (χ4n) is 6.53. The highest BCUT2D eigenvalue weighted by atomic mass is 15.4. The number of nitrogens with zero attached hydrogens (tertiary/aromatic N) is 1. The lowest BCUT2D eigenvalue weighted by atomic mass is 9.83. The summed E-state index contributed by atoms with van der Waals surface area (Å²) in [6.45, 7) is 9.36. The molecule has 0 spiro atoms. The molecule has 0 saturated carbocycles. The van der Waals surface area contributed by atoms with Crippen LogP contribution in [0, 0.1) is 0 Å². The van der Waals surface area contributed by atoms with Gasteiger partial charge in [0.15, 0.2) is 5.69 Å². The average Bonchev–Trinajstić information content (AvgIpc) is 3.03. The number of unbranched alkanes of at least 4 members (excludes halogenated alkanes) is 4. The molecule has 4 rings (SSSR count). The van der Waals surface area contributed by atoms with Crippen molar-refractivity contribution in [3.8, 4) is 0 Å². The summed E-state index contributed by atoms with van der Waals surface area (Å²) in [6.07, 6.45) is 14.5. The molecule has 0 radical (unpaired) electrons. The van der Waals surface area contributed by atoms with Crippen molar-refractivity contribution in [1.29, 1.82) is 0 Å². The highest BCUT2D eigenvalue weighted by molar-refractivity contribution is 5.84. The smallest absolute Gasteiger partial charge is 0.151 e. The van der Waals surface area contributed by atoms with E-state index in [-0.39, 0.29) is 0 Å². The van der Waals surface area contributed by atoms with E-state index >= 15 is 0 Å². The summed E-state index contributed by atoms with van der Waals surface area (Å²) in [5.74, 6) is 0. The molecular weight excluding hydrogens is 494 g/mol. The van der Waals surface area contributed by atoms with Crippen LogP contribution in [-0.4, -0.2) is 0 Å². The van der Waals surface area contributed by atoms with E-state index < -0.39 is 0 Å². The first-order chi connectivity index (χ1) is 20.2. The average molecular weight is 547 g/mol. The number of para-hydroxylation sites is 3. The minimum absolute atomic E-state index is 0.619. The second kappa shape index (κ2) is 15.7. The van der Waals surface area contributed by atoms with E-state index in [9.17, 15) is 0 Å². The van der Waals surface area contributed by atoms with E-state index in [2.05, 4.69) is 125 Å². The number of quaternary nitrogens is 1. The van der Waals surface area contributed by atoms with Crippen molar-refractivity contribution >= 4 is 22.7 Å². The summed E-state index contributed by atoms with van der Waals surface area (Å²) in [7, 11) is 0. The third kappa shape index (κ3) is 6.84. The molecule has 0 aromatic heterocycles. The van der Waals surface area contributed by atoms with Gasteiger partial charge in [0, 0.05) is 48.0 Å². The molecule has 4 aromatic rings. The van der Waals surface area contributed by atoms with E-state index in [0.29, 0.717) is 4.48 Å². The Morgan fingerprint density at radius 2 is 0.780 bits per heavy atom. The zero-order chi connectivity index (χ0) is 28.9. The standard InChI is InChI=1S/C40H52N/c1-5-9-22-33-32-40(39(31-12-8-4)38(30-11-7-3)37(33)29-10-6-2)41(34-23-16-13-17-24-34,35-25-18-14-19-26-35)36-27-20-15-21-28-36/h13-21,23-28,32H,5-12,22,29-31H2,1-4H3/q+1. The maximum atomic E-state index is 2.66.